The number of ether oxygens (including phenoxy) is 1. The van der Waals surface area contributed by atoms with E-state index in [1.165, 1.54) is 34.9 Å². The number of aliphatic hydroxyl groups excluding tert-OH is 1. The first-order valence-electron chi connectivity index (χ1n) is 10.1. The molecule has 3 aromatic rings. The van der Waals surface area contributed by atoms with E-state index in [0.29, 0.717) is 53.3 Å². The fourth-order valence-electron chi connectivity index (χ4n) is 4.05. The molecule has 1 fully saturated rings. The topological polar surface area (TPSA) is 85.6 Å². The monoisotopic (exact) mass is 445 g/mol. The van der Waals surface area contributed by atoms with E-state index in [9.17, 15) is 22.7 Å². The van der Waals surface area contributed by atoms with Crippen LogP contribution in [0.5, 0.6) is 5.75 Å². The predicted molar refractivity (Wildman–Crippen MR) is 117 cm³/mol. The highest BCUT2D eigenvalue weighted by atomic mass is 32.2. The number of rotatable bonds is 4. The molecule has 1 aliphatic carbocycles. The lowest BCUT2D eigenvalue weighted by molar-refractivity contribution is 0.0668. The summed E-state index contributed by atoms with van der Waals surface area (Å²) in [7, 11) is -1.91. The quantitative estimate of drug-likeness (QED) is 0.665. The van der Waals surface area contributed by atoms with Gasteiger partial charge in [-0.05, 0) is 67.5 Å². The van der Waals surface area contributed by atoms with Crippen LogP contribution in [0.1, 0.15) is 25.7 Å². The van der Waals surface area contributed by atoms with Crippen molar-refractivity contribution in [2.45, 2.75) is 42.8 Å². The molecule has 4 rings (SSSR count). The maximum Gasteiger partial charge on any atom is 0.258 e. The first kappa shape index (κ1) is 21.5. The summed E-state index contributed by atoms with van der Waals surface area (Å²) in [6, 6.07) is 8.53. The molecule has 0 bridgehead atoms. The van der Waals surface area contributed by atoms with Gasteiger partial charge in [0.1, 0.15) is 11.6 Å². The Hall–Kier alpha value is -2.71. The lowest BCUT2D eigenvalue weighted by Gasteiger charge is -2.27. The zero-order valence-corrected chi connectivity index (χ0v) is 18.2. The van der Waals surface area contributed by atoms with Crippen LogP contribution in [0.3, 0.4) is 0 Å². The first-order chi connectivity index (χ1) is 14.6. The van der Waals surface area contributed by atoms with Gasteiger partial charge >= 0.3 is 0 Å². The molecule has 1 aliphatic rings. The molecule has 0 amide bonds. The molecule has 2 aromatic carbocycles. The van der Waals surface area contributed by atoms with Gasteiger partial charge in [-0.25, -0.2) is 12.8 Å². The molecule has 0 saturated heterocycles. The number of aliphatic hydroxyl groups is 1. The van der Waals surface area contributed by atoms with Crippen molar-refractivity contribution in [3.05, 3.63) is 58.8 Å². The second-order valence-electron chi connectivity index (χ2n) is 8.13. The van der Waals surface area contributed by atoms with Crippen LogP contribution in [0, 0.1) is 5.82 Å². The van der Waals surface area contributed by atoms with Gasteiger partial charge in [0.2, 0.25) is 0 Å². The third-order valence-electron chi connectivity index (χ3n) is 5.75. The minimum absolute atomic E-state index is 0.104. The molecule has 8 heteroatoms. The van der Waals surface area contributed by atoms with E-state index in [4.69, 9.17) is 4.74 Å². The van der Waals surface area contributed by atoms with Crippen molar-refractivity contribution >= 4 is 20.6 Å². The number of hydrogen-bond donors (Lipinski definition) is 1. The molecule has 0 atom stereocenters. The van der Waals surface area contributed by atoms with Crippen molar-refractivity contribution in [2.24, 2.45) is 7.05 Å². The highest BCUT2D eigenvalue weighted by Gasteiger charge is 2.23. The summed E-state index contributed by atoms with van der Waals surface area (Å²) < 4.78 is 46.1. The summed E-state index contributed by atoms with van der Waals surface area (Å²) >= 11 is 0. The van der Waals surface area contributed by atoms with Crippen LogP contribution in [-0.2, 0) is 16.9 Å². The second-order valence-corrected chi connectivity index (χ2v) is 10.1. The fraction of sp³-hybridized carbons (Fsp3) is 0.348. The Bertz CT molecular complexity index is 1310. The summed E-state index contributed by atoms with van der Waals surface area (Å²) in [5.41, 5.74) is 0.704. The van der Waals surface area contributed by atoms with Gasteiger partial charge in [0.25, 0.3) is 5.56 Å². The van der Waals surface area contributed by atoms with Gasteiger partial charge < -0.3 is 14.4 Å². The summed E-state index contributed by atoms with van der Waals surface area (Å²) in [6.07, 6.45) is 4.86. The second kappa shape index (κ2) is 8.09. The molecular weight excluding hydrogens is 421 g/mol. The Balaban J connectivity index is 1.93. The fourth-order valence-corrected chi connectivity index (χ4v) is 4.70. The van der Waals surface area contributed by atoms with E-state index in [1.54, 1.807) is 19.3 Å². The SMILES string of the molecule is Cn1cc(-c2cc(S(C)(=O)=O)ccc2OC2CCC(O)CC2)c2cc(F)ccc2c1=O. The van der Waals surface area contributed by atoms with Gasteiger partial charge in [-0.3, -0.25) is 4.79 Å². The van der Waals surface area contributed by atoms with Crippen LogP contribution in [0.15, 0.2) is 52.3 Å². The molecule has 31 heavy (non-hydrogen) atoms. The number of fused-ring (bicyclic) bond motifs is 1. The van der Waals surface area contributed by atoms with E-state index in [1.807, 2.05) is 0 Å². The molecule has 6 nitrogen and oxygen atoms in total. The van der Waals surface area contributed by atoms with E-state index in [2.05, 4.69) is 0 Å². The van der Waals surface area contributed by atoms with Gasteiger partial charge in [0.15, 0.2) is 9.84 Å². The largest absolute Gasteiger partial charge is 0.490 e. The number of benzene rings is 2. The number of pyridine rings is 1. The maximum absolute atomic E-state index is 14.1. The van der Waals surface area contributed by atoms with Gasteiger partial charge in [-0.1, -0.05) is 0 Å². The lowest BCUT2D eigenvalue weighted by atomic mass is 9.94. The average molecular weight is 446 g/mol. The summed E-state index contributed by atoms with van der Waals surface area (Å²) in [4.78, 5) is 12.7. The van der Waals surface area contributed by atoms with Gasteiger partial charge in [-0.15, -0.1) is 0 Å². The third kappa shape index (κ3) is 4.36. The minimum atomic E-state index is -3.50. The molecule has 0 radical (unpaired) electrons. The van der Waals surface area contributed by atoms with Crippen LogP contribution < -0.4 is 10.3 Å². The number of aromatic nitrogens is 1. The Morgan fingerprint density at radius 2 is 1.74 bits per heavy atom. The number of hydrogen-bond acceptors (Lipinski definition) is 5. The van der Waals surface area contributed by atoms with Crippen molar-refractivity contribution in [1.82, 2.24) is 4.57 Å². The van der Waals surface area contributed by atoms with Gasteiger partial charge in [-0.2, -0.15) is 0 Å². The Morgan fingerprint density at radius 3 is 2.42 bits per heavy atom. The summed E-state index contributed by atoms with van der Waals surface area (Å²) in [6.45, 7) is 0. The number of nitrogens with zero attached hydrogens (tertiary/aromatic N) is 1. The highest BCUT2D eigenvalue weighted by molar-refractivity contribution is 7.90. The number of halogens is 1. The highest BCUT2D eigenvalue weighted by Crippen LogP contribution is 2.38. The van der Waals surface area contributed by atoms with E-state index >= 15 is 0 Å². The zero-order chi connectivity index (χ0) is 22.3. The first-order valence-corrected chi connectivity index (χ1v) is 12.0. The summed E-state index contributed by atoms with van der Waals surface area (Å²) in [5.74, 6) is -0.0389. The van der Waals surface area contributed by atoms with Crippen LogP contribution in [0.2, 0.25) is 0 Å². The van der Waals surface area contributed by atoms with Crippen molar-refractivity contribution in [1.29, 1.82) is 0 Å². The molecular formula is C23H24FNO5S. The lowest BCUT2D eigenvalue weighted by Crippen LogP contribution is -2.26. The number of sulfone groups is 1. The van der Waals surface area contributed by atoms with Crippen LogP contribution >= 0.6 is 0 Å². The molecule has 1 heterocycles. The predicted octanol–water partition coefficient (Wildman–Crippen LogP) is 3.43. The van der Waals surface area contributed by atoms with Crippen molar-refractivity contribution in [3.8, 4) is 16.9 Å². The molecule has 1 N–H and O–H groups in total. The summed E-state index contributed by atoms with van der Waals surface area (Å²) in [5, 5.41) is 10.5. The van der Waals surface area contributed by atoms with Gasteiger partial charge in [0.05, 0.1) is 17.1 Å². The normalized spacial score (nSPS) is 19.5. The van der Waals surface area contributed by atoms with Gasteiger partial charge in [0, 0.05) is 36.0 Å². The molecule has 0 aliphatic heterocycles. The van der Waals surface area contributed by atoms with Crippen molar-refractivity contribution in [2.75, 3.05) is 6.26 Å². The molecule has 164 valence electrons. The zero-order valence-electron chi connectivity index (χ0n) is 17.3. The molecule has 0 unspecified atom stereocenters. The molecule has 1 aromatic heterocycles. The minimum Gasteiger partial charge on any atom is -0.490 e. The standard InChI is InChI=1S/C23H24FNO5S/c1-25-13-21(19-11-14(24)3-9-18(19)23(25)27)20-12-17(31(2,28)29)8-10-22(20)30-16-6-4-15(26)5-7-16/h3,8-13,15-16,26H,4-7H2,1-2H3. The Morgan fingerprint density at radius 1 is 1.03 bits per heavy atom. The van der Waals surface area contributed by atoms with E-state index in [0.717, 1.165) is 6.26 Å². The van der Waals surface area contributed by atoms with E-state index in [-0.39, 0.29) is 22.7 Å². The van der Waals surface area contributed by atoms with Crippen LogP contribution in [0.4, 0.5) is 4.39 Å². The van der Waals surface area contributed by atoms with Crippen LogP contribution in [0.25, 0.3) is 21.9 Å². The van der Waals surface area contributed by atoms with Crippen molar-refractivity contribution < 1.29 is 22.7 Å². The Kier molecular flexibility index (Phi) is 5.61. The Labute approximate surface area is 179 Å². The maximum atomic E-state index is 14.1. The molecule has 0 spiro atoms. The number of aryl methyl sites for hydroxylation is 1. The van der Waals surface area contributed by atoms with Crippen LogP contribution in [-0.4, -0.2) is 36.6 Å². The van der Waals surface area contributed by atoms with Crippen molar-refractivity contribution in [3.63, 3.8) is 0 Å². The van der Waals surface area contributed by atoms with E-state index < -0.39 is 15.7 Å². The smallest absolute Gasteiger partial charge is 0.258 e. The average Bonchev–Trinajstić information content (AvgIpc) is 2.72. The molecule has 1 saturated carbocycles. The third-order valence-corrected chi connectivity index (χ3v) is 6.86.